The average molecular weight is 476 g/mol. The third kappa shape index (κ3) is 3.73. The second kappa shape index (κ2) is 8.79. The number of fused-ring (bicyclic) bond motifs is 2. The lowest BCUT2D eigenvalue weighted by molar-refractivity contribution is 0.0530. The zero-order valence-corrected chi connectivity index (χ0v) is 19.9. The van der Waals surface area contributed by atoms with Crippen molar-refractivity contribution < 1.29 is 9.47 Å². The minimum atomic E-state index is 0.157. The van der Waals surface area contributed by atoms with Crippen LogP contribution in [0.15, 0.2) is 42.2 Å². The number of hydrogen-bond donors (Lipinski definition) is 1. The molecule has 1 N–H and O–H groups in total. The fraction of sp³-hybridized carbons (Fsp3) is 0.333. The van der Waals surface area contributed by atoms with E-state index in [0.29, 0.717) is 19.8 Å². The minimum absolute atomic E-state index is 0.157. The SMILES string of the molecule is COCCn1c(-c2c[nH]c(-c3ccc4scnc4c3)n2)nc2c(N3CCOC(C)C3)nccc21. The van der Waals surface area contributed by atoms with Crippen molar-refractivity contribution in [2.75, 3.05) is 38.3 Å². The first-order chi connectivity index (χ1) is 16.7. The van der Waals surface area contributed by atoms with E-state index < -0.39 is 0 Å². The third-order valence-corrected chi connectivity index (χ3v) is 6.93. The molecule has 0 radical (unpaired) electrons. The highest BCUT2D eigenvalue weighted by atomic mass is 32.1. The van der Waals surface area contributed by atoms with Gasteiger partial charge in [-0.2, -0.15) is 0 Å². The smallest absolute Gasteiger partial charge is 0.161 e. The largest absolute Gasteiger partial charge is 0.383 e. The molecule has 0 saturated carbocycles. The number of H-pyrrole nitrogens is 1. The molecule has 1 unspecified atom stereocenters. The first kappa shape index (κ1) is 21.2. The summed E-state index contributed by atoms with van der Waals surface area (Å²) >= 11 is 1.63. The molecular formula is C24H25N7O2S. The Morgan fingerprint density at radius 1 is 1.24 bits per heavy atom. The number of nitrogens with one attached hydrogen (secondary N) is 1. The van der Waals surface area contributed by atoms with Gasteiger partial charge in [0.05, 0.1) is 40.6 Å². The molecule has 1 aliphatic rings. The summed E-state index contributed by atoms with van der Waals surface area (Å²) in [5.74, 6) is 2.46. The minimum Gasteiger partial charge on any atom is -0.383 e. The van der Waals surface area contributed by atoms with Crippen molar-refractivity contribution >= 4 is 38.4 Å². The van der Waals surface area contributed by atoms with E-state index in [9.17, 15) is 0 Å². The van der Waals surface area contributed by atoms with Gasteiger partial charge in [0.25, 0.3) is 0 Å². The van der Waals surface area contributed by atoms with Gasteiger partial charge in [0.15, 0.2) is 11.6 Å². The molecule has 34 heavy (non-hydrogen) atoms. The summed E-state index contributed by atoms with van der Waals surface area (Å²) < 4.78 is 14.5. The van der Waals surface area contributed by atoms with Crippen LogP contribution in [0.5, 0.6) is 0 Å². The standard InChI is InChI=1S/C24H25N7O2S/c1-15-13-30(7-10-33-15)24-21-19(5-6-25-24)31(8-9-32-2)23(29-21)18-12-26-22(28-18)16-3-4-20-17(11-16)27-14-34-20/h3-6,11-12,14-15H,7-10,13H2,1-2H3,(H,26,28). The maximum absolute atomic E-state index is 5.73. The molecule has 1 aliphatic heterocycles. The number of hydrogen-bond acceptors (Lipinski definition) is 8. The normalized spacial score (nSPS) is 16.6. The number of aromatic nitrogens is 6. The van der Waals surface area contributed by atoms with Crippen LogP contribution in [-0.4, -0.2) is 69.0 Å². The third-order valence-electron chi connectivity index (χ3n) is 6.12. The van der Waals surface area contributed by atoms with Crippen LogP contribution in [0.4, 0.5) is 5.82 Å². The van der Waals surface area contributed by atoms with Crippen LogP contribution in [0.2, 0.25) is 0 Å². The zero-order chi connectivity index (χ0) is 23.1. The first-order valence-corrected chi connectivity index (χ1v) is 12.2. The number of ether oxygens (including phenoxy) is 2. The molecule has 1 atom stereocenters. The van der Waals surface area contributed by atoms with Gasteiger partial charge >= 0.3 is 0 Å². The van der Waals surface area contributed by atoms with Gasteiger partial charge < -0.3 is 23.9 Å². The number of morpholine rings is 1. The van der Waals surface area contributed by atoms with Crippen LogP contribution in [0.1, 0.15) is 6.92 Å². The number of aromatic amines is 1. The van der Waals surface area contributed by atoms with E-state index in [1.54, 1.807) is 18.4 Å². The van der Waals surface area contributed by atoms with Crippen molar-refractivity contribution in [1.82, 2.24) is 29.5 Å². The highest BCUT2D eigenvalue weighted by molar-refractivity contribution is 7.16. The van der Waals surface area contributed by atoms with Gasteiger partial charge in [-0.15, -0.1) is 11.3 Å². The van der Waals surface area contributed by atoms with Gasteiger partial charge in [0.2, 0.25) is 0 Å². The molecule has 6 rings (SSSR count). The average Bonchev–Trinajstić information content (AvgIpc) is 3.60. The van der Waals surface area contributed by atoms with Crippen LogP contribution < -0.4 is 4.90 Å². The number of nitrogens with zero attached hydrogens (tertiary/aromatic N) is 6. The van der Waals surface area contributed by atoms with Gasteiger partial charge in [0.1, 0.15) is 17.0 Å². The van der Waals surface area contributed by atoms with Crippen molar-refractivity contribution in [1.29, 1.82) is 0 Å². The molecule has 4 aromatic heterocycles. The zero-order valence-electron chi connectivity index (χ0n) is 19.1. The molecule has 5 aromatic rings. The topological polar surface area (TPSA) is 94.0 Å². The van der Waals surface area contributed by atoms with E-state index in [1.165, 1.54) is 0 Å². The van der Waals surface area contributed by atoms with Crippen LogP contribution >= 0.6 is 11.3 Å². The van der Waals surface area contributed by atoms with Crippen LogP contribution in [-0.2, 0) is 16.0 Å². The Labute approximate surface area is 200 Å². The Morgan fingerprint density at radius 3 is 3.06 bits per heavy atom. The lowest BCUT2D eigenvalue weighted by Crippen LogP contribution is -2.41. The van der Waals surface area contributed by atoms with Crippen molar-refractivity contribution in [3.63, 3.8) is 0 Å². The first-order valence-electron chi connectivity index (χ1n) is 11.3. The summed E-state index contributed by atoms with van der Waals surface area (Å²) in [5.41, 5.74) is 6.50. The summed E-state index contributed by atoms with van der Waals surface area (Å²) in [4.78, 5) is 24.7. The molecule has 9 nitrogen and oxygen atoms in total. The van der Waals surface area contributed by atoms with Crippen LogP contribution in [0, 0.1) is 0 Å². The molecule has 1 aromatic carbocycles. The Kier molecular flexibility index (Phi) is 5.48. The van der Waals surface area contributed by atoms with Crippen molar-refractivity contribution in [2.24, 2.45) is 0 Å². The van der Waals surface area contributed by atoms with Crippen molar-refractivity contribution in [2.45, 2.75) is 19.6 Å². The molecule has 5 heterocycles. The Hall–Kier alpha value is -3.34. The fourth-order valence-electron chi connectivity index (χ4n) is 4.47. The van der Waals surface area contributed by atoms with Crippen molar-refractivity contribution in [3.8, 4) is 22.9 Å². The highest BCUT2D eigenvalue weighted by Gasteiger charge is 2.24. The van der Waals surface area contributed by atoms with Crippen LogP contribution in [0.3, 0.4) is 0 Å². The van der Waals surface area contributed by atoms with E-state index in [0.717, 1.165) is 63.1 Å². The summed E-state index contributed by atoms with van der Waals surface area (Å²) in [6.07, 6.45) is 3.92. The highest BCUT2D eigenvalue weighted by Crippen LogP contribution is 2.31. The lowest BCUT2D eigenvalue weighted by atomic mass is 10.2. The number of benzene rings is 1. The molecule has 0 spiro atoms. The summed E-state index contributed by atoms with van der Waals surface area (Å²) in [5, 5.41) is 0. The van der Waals surface area contributed by atoms with Crippen molar-refractivity contribution in [3.05, 3.63) is 42.2 Å². The molecule has 0 aliphatic carbocycles. The Bertz CT molecular complexity index is 1460. The maximum Gasteiger partial charge on any atom is 0.161 e. The molecule has 1 saturated heterocycles. The predicted molar refractivity (Wildman–Crippen MR) is 133 cm³/mol. The number of rotatable bonds is 6. The summed E-state index contributed by atoms with van der Waals surface area (Å²) in [6, 6.07) is 8.22. The van der Waals surface area contributed by atoms with E-state index >= 15 is 0 Å². The molecular weight excluding hydrogens is 450 g/mol. The fourth-order valence-corrected chi connectivity index (χ4v) is 5.13. The predicted octanol–water partition coefficient (Wildman–Crippen LogP) is 3.97. The molecule has 1 fully saturated rings. The van der Waals surface area contributed by atoms with Gasteiger partial charge in [-0.3, -0.25) is 0 Å². The van der Waals surface area contributed by atoms with Gasteiger partial charge in [-0.25, -0.2) is 19.9 Å². The van der Waals surface area contributed by atoms with E-state index in [-0.39, 0.29) is 6.10 Å². The number of thiazole rings is 1. The molecule has 0 bridgehead atoms. The van der Waals surface area contributed by atoms with E-state index in [2.05, 4.69) is 44.6 Å². The Morgan fingerprint density at radius 2 is 2.18 bits per heavy atom. The Balaban J connectivity index is 1.44. The summed E-state index contributed by atoms with van der Waals surface area (Å²) in [7, 11) is 1.71. The number of pyridine rings is 1. The molecule has 174 valence electrons. The quantitative estimate of drug-likeness (QED) is 0.397. The van der Waals surface area contributed by atoms with Gasteiger partial charge in [0, 0.05) is 44.7 Å². The number of methoxy groups -OCH3 is 1. The molecule has 10 heteroatoms. The number of anilines is 1. The monoisotopic (exact) mass is 475 g/mol. The van der Waals surface area contributed by atoms with E-state index in [1.807, 2.05) is 24.0 Å². The lowest BCUT2D eigenvalue weighted by Gasteiger charge is -2.32. The molecule has 0 amide bonds. The number of imidazole rings is 2. The summed E-state index contributed by atoms with van der Waals surface area (Å²) in [6.45, 7) is 5.59. The van der Waals surface area contributed by atoms with E-state index in [4.69, 9.17) is 24.4 Å². The second-order valence-corrected chi connectivity index (χ2v) is 9.27. The van der Waals surface area contributed by atoms with Crippen LogP contribution in [0.25, 0.3) is 44.2 Å². The maximum atomic E-state index is 5.73. The second-order valence-electron chi connectivity index (χ2n) is 8.38. The van der Waals surface area contributed by atoms with Gasteiger partial charge in [-0.05, 0) is 31.2 Å². The van der Waals surface area contributed by atoms with Gasteiger partial charge in [-0.1, -0.05) is 0 Å².